The molecule has 0 atom stereocenters. The first-order chi connectivity index (χ1) is 9.38. The first kappa shape index (κ1) is 15.8. The van der Waals surface area contributed by atoms with Gasteiger partial charge in [0, 0.05) is 15.1 Å². The zero-order chi connectivity index (χ0) is 14.8. The number of halogens is 2. The molecule has 0 aliphatic carbocycles. The molecule has 3 nitrogen and oxygen atoms in total. The molecule has 0 spiro atoms. The third-order valence-corrected chi connectivity index (χ3v) is 5.29. The molecule has 0 unspecified atom stereocenters. The van der Waals surface area contributed by atoms with Gasteiger partial charge in [-0.3, -0.25) is 0 Å². The highest BCUT2D eigenvalue weighted by Gasteiger charge is 2.14. The van der Waals surface area contributed by atoms with Gasteiger partial charge in [0.1, 0.15) is 0 Å². The molecule has 0 saturated carbocycles. The summed E-state index contributed by atoms with van der Waals surface area (Å²) < 4.78 is 28.0. The lowest BCUT2D eigenvalue weighted by molar-refractivity contribution is 0.581. The van der Waals surface area contributed by atoms with Gasteiger partial charge in [0.2, 0.25) is 10.0 Å². The minimum atomic E-state index is -3.55. The van der Waals surface area contributed by atoms with E-state index in [1.54, 1.807) is 12.1 Å². The minimum Gasteiger partial charge on any atom is -0.207 e. The molecule has 0 heterocycles. The highest BCUT2D eigenvalue weighted by Crippen LogP contribution is 2.20. The average molecular weight is 422 g/mol. The van der Waals surface area contributed by atoms with Crippen LogP contribution in [0.25, 0.3) is 0 Å². The van der Waals surface area contributed by atoms with Crippen molar-refractivity contribution in [1.82, 2.24) is 4.72 Å². The fourth-order valence-corrected chi connectivity index (χ4v) is 3.55. The summed E-state index contributed by atoms with van der Waals surface area (Å²) >= 11 is 8.16. The van der Waals surface area contributed by atoms with E-state index in [0.29, 0.717) is 5.02 Å². The summed E-state index contributed by atoms with van der Waals surface area (Å²) in [6, 6.07) is 12.4. The molecule has 2 aromatic carbocycles. The van der Waals surface area contributed by atoms with E-state index in [9.17, 15) is 8.42 Å². The van der Waals surface area contributed by atoms with Crippen molar-refractivity contribution in [1.29, 1.82) is 0 Å². The van der Waals surface area contributed by atoms with Crippen molar-refractivity contribution >= 4 is 44.2 Å². The van der Waals surface area contributed by atoms with E-state index in [-0.39, 0.29) is 11.4 Å². The highest BCUT2D eigenvalue weighted by molar-refractivity contribution is 14.1. The van der Waals surface area contributed by atoms with Crippen molar-refractivity contribution in [3.63, 3.8) is 0 Å². The van der Waals surface area contributed by atoms with Crippen molar-refractivity contribution in [2.24, 2.45) is 0 Å². The molecular formula is C14H13ClINO2S. The number of hydrogen-bond acceptors (Lipinski definition) is 2. The number of nitrogens with one attached hydrogen (secondary N) is 1. The number of benzene rings is 2. The molecule has 0 fully saturated rings. The largest absolute Gasteiger partial charge is 0.240 e. The Morgan fingerprint density at radius 1 is 1.20 bits per heavy atom. The smallest absolute Gasteiger partial charge is 0.207 e. The molecule has 0 amide bonds. The summed E-state index contributed by atoms with van der Waals surface area (Å²) in [5, 5.41) is 0.446. The summed E-state index contributed by atoms with van der Waals surface area (Å²) in [6.07, 6.45) is 0. The maximum Gasteiger partial charge on any atom is 0.240 e. The van der Waals surface area contributed by atoms with Gasteiger partial charge in [-0.2, -0.15) is 0 Å². The maximum absolute atomic E-state index is 12.2. The Labute approximate surface area is 137 Å². The molecule has 1 N–H and O–H groups in total. The van der Waals surface area contributed by atoms with Gasteiger partial charge in [-0.15, -0.1) is 0 Å². The van der Waals surface area contributed by atoms with E-state index < -0.39 is 10.0 Å². The van der Waals surface area contributed by atoms with E-state index >= 15 is 0 Å². The van der Waals surface area contributed by atoms with E-state index in [1.807, 2.05) is 31.2 Å². The standard InChI is InChI=1S/C14H13ClINO2S/c1-10-5-6-13(8-14(10)15)20(18,19)17-9-11-3-2-4-12(16)7-11/h2-8,17H,9H2,1H3. The zero-order valence-corrected chi connectivity index (χ0v) is 14.5. The van der Waals surface area contributed by atoms with Crippen LogP contribution in [0.1, 0.15) is 11.1 Å². The average Bonchev–Trinajstić information content (AvgIpc) is 2.40. The lowest BCUT2D eigenvalue weighted by Gasteiger charge is -2.08. The Balaban J connectivity index is 2.17. The first-order valence-electron chi connectivity index (χ1n) is 5.89. The highest BCUT2D eigenvalue weighted by atomic mass is 127. The number of sulfonamides is 1. The minimum absolute atomic E-state index is 0.179. The fraction of sp³-hybridized carbons (Fsp3) is 0.143. The zero-order valence-electron chi connectivity index (χ0n) is 10.7. The monoisotopic (exact) mass is 421 g/mol. The normalized spacial score (nSPS) is 11.6. The summed E-state index contributed by atoms with van der Waals surface area (Å²) in [6.45, 7) is 2.09. The Hall–Kier alpha value is -0.630. The van der Waals surface area contributed by atoms with Gasteiger partial charge in [-0.05, 0) is 64.9 Å². The van der Waals surface area contributed by atoms with Crippen molar-refractivity contribution in [3.8, 4) is 0 Å². The second kappa shape index (κ2) is 6.43. The number of hydrogen-bond donors (Lipinski definition) is 1. The topological polar surface area (TPSA) is 46.2 Å². The van der Waals surface area contributed by atoms with Crippen LogP contribution in [0, 0.1) is 10.5 Å². The van der Waals surface area contributed by atoms with Crippen LogP contribution < -0.4 is 4.72 Å². The van der Waals surface area contributed by atoms with E-state index in [2.05, 4.69) is 27.3 Å². The van der Waals surface area contributed by atoms with Crippen LogP contribution in [-0.4, -0.2) is 8.42 Å². The van der Waals surface area contributed by atoms with E-state index in [4.69, 9.17) is 11.6 Å². The van der Waals surface area contributed by atoms with Crippen LogP contribution in [0.2, 0.25) is 5.02 Å². The third-order valence-electron chi connectivity index (χ3n) is 2.81. The Morgan fingerprint density at radius 3 is 2.60 bits per heavy atom. The second-order valence-electron chi connectivity index (χ2n) is 4.37. The molecule has 0 saturated heterocycles. The summed E-state index contributed by atoms with van der Waals surface area (Å²) in [4.78, 5) is 0.179. The molecule has 0 aliphatic rings. The SMILES string of the molecule is Cc1ccc(S(=O)(=O)NCc2cccc(I)c2)cc1Cl. The molecule has 0 radical (unpaired) electrons. The summed E-state index contributed by atoms with van der Waals surface area (Å²) in [5.41, 5.74) is 1.77. The van der Waals surface area contributed by atoms with Crippen LogP contribution >= 0.6 is 34.2 Å². The lowest BCUT2D eigenvalue weighted by atomic mass is 10.2. The van der Waals surface area contributed by atoms with Crippen molar-refractivity contribution in [3.05, 3.63) is 62.2 Å². The first-order valence-corrected chi connectivity index (χ1v) is 8.83. The van der Waals surface area contributed by atoms with Crippen molar-refractivity contribution in [2.45, 2.75) is 18.4 Å². The van der Waals surface area contributed by atoms with Gasteiger partial charge in [0.05, 0.1) is 4.90 Å². The third kappa shape index (κ3) is 3.94. The molecule has 106 valence electrons. The van der Waals surface area contributed by atoms with Gasteiger partial charge in [0.15, 0.2) is 0 Å². The molecule has 20 heavy (non-hydrogen) atoms. The Morgan fingerprint density at radius 2 is 1.95 bits per heavy atom. The molecule has 0 aromatic heterocycles. The van der Waals surface area contributed by atoms with Gasteiger partial charge in [0.25, 0.3) is 0 Å². The van der Waals surface area contributed by atoms with Gasteiger partial charge in [-0.25, -0.2) is 13.1 Å². The summed E-state index contributed by atoms with van der Waals surface area (Å²) in [5.74, 6) is 0. The predicted octanol–water partition coefficient (Wildman–Crippen LogP) is 3.73. The second-order valence-corrected chi connectivity index (χ2v) is 7.79. The van der Waals surface area contributed by atoms with Crippen LogP contribution in [-0.2, 0) is 16.6 Å². The molecule has 6 heteroatoms. The Kier molecular flexibility index (Phi) is 5.06. The number of rotatable bonds is 4. The van der Waals surface area contributed by atoms with Crippen molar-refractivity contribution in [2.75, 3.05) is 0 Å². The van der Waals surface area contributed by atoms with Crippen LogP contribution in [0.3, 0.4) is 0 Å². The lowest BCUT2D eigenvalue weighted by Crippen LogP contribution is -2.23. The number of aryl methyl sites for hydroxylation is 1. The maximum atomic E-state index is 12.2. The molecule has 2 aromatic rings. The van der Waals surface area contributed by atoms with Gasteiger partial charge in [-0.1, -0.05) is 29.8 Å². The summed E-state index contributed by atoms with van der Waals surface area (Å²) in [7, 11) is -3.55. The van der Waals surface area contributed by atoms with Crippen LogP contribution in [0.15, 0.2) is 47.4 Å². The van der Waals surface area contributed by atoms with Gasteiger partial charge < -0.3 is 0 Å². The van der Waals surface area contributed by atoms with E-state index in [0.717, 1.165) is 14.7 Å². The Bertz CT molecular complexity index is 732. The van der Waals surface area contributed by atoms with Crippen LogP contribution in [0.4, 0.5) is 0 Å². The quantitative estimate of drug-likeness (QED) is 0.765. The molecule has 0 bridgehead atoms. The molecule has 0 aliphatic heterocycles. The van der Waals surface area contributed by atoms with Crippen molar-refractivity contribution < 1.29 is 8.42 Å². The molecule has 2 rings (SSSR count). The van der Waals surface area contributed by atoms with Crippen LogP contribution in [0.5, 0.6) is 0 Å². The fourth-order valence-electron chi connectivity index (χ4n) is 1.65. The molecular weight excluding hydrogens is 409 g/mol. The van der Waals surface area contributed by atoms with Gasteiger partial charge >= 0.3 is 0 Å². The van der Waals surface area contributed by atoms with E-state index in [1.165, 1.54) is 6.07 Å². The predicted molar refractivity (Wildman–Crippen MR) is 89.4 cm³/mol.